The van der Waals surface area contributed by atoms with Gasteiger partial charge in [0.15, 0.2) is 0 Å². The molecule has 0 N–H and O–H groups in total. The fourth-order valence-electron chi connectivity index (χ4n) is 2.50. The molecule has 1 aromatic rings. The molecule has 0 unspecified atom stereocenters. The normalized spacial score (nSPS) is 13.6. The van der Waals surface area contributed by atoms with E-state index in [0.29, 0.717) is 12.8 Å². The van der Waals surface area contributed by atoms with E-state index < -0.39 is 0 Å². The number of rotatable bonds is 4. The Labute approximate surface area is 108 Å². The van der Waals surface area contributed by atoms with Gasteiger partial charge < -0.3 is 4.90 Å². The second-order valence-electron chi connectivity index (χ2n) is 4.74. The highest BCUT2D eigenvalue weighted by molar-refractivity contribution is 5.94. The van der Waals surface area contributed by atoms with E-state index in [2.05, 4.69) is 6.07 Å². The number of amides is 1. The first-order valence-electron chi connectivity index (χ1n) is 6.54. The Morgan fingerprint density at radius 3 is 2.78 bits per heavy atom. The summed E-state index contributed by atoms with van der Waals surface area (Å²) in [4.78, 5) is 24.9. The lowest BCUT2D eigenvalue weighted by Gasteiger charge is -2.18. The number of fused-ring (bicyclic) bond motifs is 1. The van der Waals surface area contributed by atoms with E-state index in [1.165, 1.54) is 5.56 Å². The van der Waals surface area contributed by atoms with Gasteiger partial charge in [-0.15, -0.1) is 0 Å². The van der Waals surface area contributed by atoms with Crippen LogP contribution in [0.2, 0.25) is 0 Å². The van der Waals surface area contributed by atoms with Crippen molar-refractivity contribution in [2.45, 2.75) is 39.5 Å². The SMILES string of the molecule is CCC(=O)CCc1cccc2c1N(C(C)=O)CC2. The van der Waals surface area contributed by atoms with Crippen molar-refractivity contribution in [3.63, 3.8) is 0 Å². The van der Waals surface area contributed by atoms with Gasteiger partial charge in [0.05, 0.1) is 5.69 Å². The Morgan fingerprint density at radius 2 is 2.11 bits per heavy atom. The molecule has 0 radical (unpaired) electrons. The van der Waals surface area contributed by atoms with Crippen LogP contribution in [0.1, 0.15) is 37.8 Å². The average Bonchev–Trinajstić information content (AvgIpc) is 2.80. The molecule has 96 valence electrons. The molecule has 0 aromatic heterocycles. The quantitative estimate of drug-likeness (QED) is 0.817. The Bertz CT molecular complexity index is 479. The van der Waals surface area contributed by atoms with E-state index >= 15 is 0 Å². The van der Waals surface area contributed by atoms with Crippen molar-refractivity contribution in [1.29, 1.82) is 0 Å². The second kappa shape index (κ2) is 5.34. The minimum atomic E-state index is 0.0861. The molecule has 0 spiro atoms. The third-order valence-corrected chi connectivity index (χ3v) is 3.53. The molecule has 1 aromatic carbocycles. The molecule has 0 saturated carbocycles. The van der Waals surface area contributed by atoms with Crippen molar-refractivity contribution in [1.82, 2.24) is 0 Å². The molecule has 0 fully saturated rings. The Kier molecular flexibility index (Phi) is 3.80. The summed E-state index contributed by atoms with van der Waals surface area (Å²) in [7, 11) is 0. The fourth-order valence-corrected chi connectivity index (χ4v) is 2.50. The summed E-state index contributed by atoms with van der Waals surface area (Å²) in [5, 5.41) is 0. The Hall–Kier alpha value is -1.64. The van der Waals surface area contributed by atoms with Crippen LogP contribution in [0, 0.1) is 0 Å². The predicted octanol–water partition coefficient (Wildman–Crippen LogP) is 2.51. The van der Waals surface area contributed by atoms with Gasteiger partial charge in [-0.2, -0.15) is 0 Å². The topological polar surface area (TPSA) is 37.4 Å². The van der Waals surface area contributed by atoms with Crippen molar-refractivity contribution in [3.8, 4) is 0 Å². The first-order chi connectivity index (χ1) is 8.63. The fraction of sp³-hybridized carbons (Fsp3) is 0.467. The number of carbonyl (C=O) groups excluding carboxylic acids is 2. The summed E-state index contributed by atoms with van der Waals surface area (Å²) >= 11 is 0. The first kappa shape index (κ1) is 12.8. The van der Waals surface area contributed by atoms with Gasteiger partial charge in [-0.25, -0.2) is 0 Å². The maximum atomic E-state index is 11.6. The molecule has 1 amide bonds. The van der Waals surface area contributed by atoms with Gasteiger partial charge >= 0.3 is 0 Å². The Morgan fingerprint density at radius 1 is 1.33 bits per heavy atom. The van der Waals surface area contributed by atoms with Crippen molar-refractivity contribution in [2.75, 3.05) is 11.4 Å². The molecular weight excluding hydrogens is 226 g/mol. The van der Waals surface area contributed by atoms with Crippen molar-refractivity contribution < 1.29 is 9.59 Å². The molecule has 1 heterocycles. The molecule has 3 nitrogen and oxygen atoms in total. The zero-order valence-corrected chi connectivity index (χ0v) is 11.0. The number of hydrogen-bond donors (Lipinski definition) is 0. The van der Waals surface area contributed by atoms with E-state index in [-0.39, 0.29) is 11.7 Å². The number of nitrogens with zero attached hydrogens (tertiary/aromatic N) is 1. The van der Waals surface area contributed by atoms with Gasteiger partial charge in [-0.05, 0) is 24.0 Å². The number of ketones is 1. The summed E-state index contributed by atoms with van der Waals surface area (Å²) in [5.41, 5.74) is 3.41. The van der Waals surface area contributed by atoms with Gasteiger partial charge in [0.1, 0.15) is 5.78 Å². The lowest BCUT2D eigenvalue weighted by Crippen LogP contribution is -2.26. The molecule has 1 aliphatic heterocycles. The van der Waals surface area contributed by atoms with Crippen LogP contribution in [0.4, 0.5) is 5.69 Å². The lowest BCUT2D eigenvalue weighted by molar-refractivity contribution is -0.118. The number of anilines is 1. The van der Waals surface area contributed by atoms with Crippen LogP contribution in [0.25, 0.3) is 0 Å². The summed E-state index contributed by atoms with van der Waals surface area (Å²) in [5.74, 6) is 0.364. The van der Waals surface area contributed by atoms with Crippen molar-refractivity contribution in [2.24, 2.45) is 0 Å². The van der Waals surface area contributed by atoms with Crippen LogP contribution in [0.15, 0.2) is 18.2 Å². The minimum absolute atomic E-state index is 0.0861. The van der Waals surface area contributed by atoms with E-state index in [4.69, 9.17) is 0 Å². The lowest BCUT2D eigenvalue weighted by atomic mass is 10.0. The summed E-state index contributed by atoms with van der Waals surface area (Å²) in [6.45, 7) is 4.26. The molecule has 3 heteroatoms. The van der Waals surface area contributed by atoms with Gasteiger partial charge in [0.25, 0.3) is 0 Å². The average molecular weight is 245 g/mol. The highest BCUT2D eigenvalue weighted by atomic mass is 16.2. The highest BCUT2D eigenvalue weighted by Crippen LogP contribution is 2.32. The van der Waals surface area contributed by atoms with E-state index in [1.807, 2.05) is 24.0 Å². The largest absolute Gasteiger partial charge is 0.312 e. The van der Waals surface area contributed by atoms with Gasteiger partial charge in [-0.1, -0.05) is 25.1 Å². The van der Waals surface area contributed by atoms with Gasteiger partial charge in [0, 0.05) is 26.3 Å². The smallest absolute Gasteiger partial charge is 0.223 e. The molecular formula is C15H19NO2. The Balaban J connectivity index is 2.24. The maximum Gasteiger partial charge on any atom is 0.223 e. The molecule has 0 saturated heterocycles. The van der Waals surface area contributed by atoms with Crippen LogP contribution < -0.4 is 4.90 Å². The summed E-state index contributed by atoms with van der Waals surface area (Å²) in [6.07, 6.45) is 2.81. The van der Waals surface area contributed by atoms with E-state index in [0.717, 1.165) is 30.6 Å². The molecule has 18 heavy (non-hydrogen) atoms. The van der Waals surface area contributed by atoms with Crippen LogP contribution >= 0.6 is 0 Å². The monoisotopic (exact) mass is 245 g/mol. The van der Waals surface area contributed by atoms with E-state index in [9.17, 15) is 9.59 Å². The maximum absolute atomic E-state index is 11.6. The minimum Gasteiger partial charge on any atom is -0.312 e. The standard InChI is InChI=1S/C15H19NO2/c1-3-14(18)8-7-12-5-4-6-13-9-10-16(11(2)17)15(12)13/h4-6H,3,7-10H2,1-2H3. The van der Waals surface area contributed by atoms with Gasteiger partial charge in [0.2, 0.25) is 5.91 Å². The number of para-hydroxylation sites is 1. The van der Waals surface area contributed by atoms with Gasteiger partial charge in [-0.3, -0.25) is 9.59 Å². The number of carbonyl (C=O) groups is 2. The number of benzene rings is 1. The second-order valence-corrected chi connectivity index (χ2v) is 4.74. The highest BCUT2D eigenvalue weighted by Gasteiger charge is 2.24. The summed E-state index contributed by atoms with van der Waals surface area (Å²) in [6, 6.07) is 6.13. The van der Waals surface area contributed by atoms with Crippen LogP contribution in [-0.4, -0.2) is 18.2 Å². The van der Waals surface area contributed by atoms with Crippen molar-refractivity contribution in [3.05, 3.63) is 29.3 Å². The molecule has 0 atom stereocenters. The molecule has 0 bridgehead atoms. The first-order valence-corrected chi connectivity index (χ1v) is 6.54. The van der Waals surface area contributed by atoms with Crippen LogP contribution in [0.3, 0.4) is 0 Å². The molecule has 0 aliphatic carbocycles. The molecule has 2 rings (SSSR count). The molecule has 1 aliphatic rings. The number of aryl methyl sites for hydroxylation is 1. The van der Waals surface area contributed by atoms with E-state index in [1.54, 1.807) is 6.92 Å². The predicted molar refractivity (Wildman–Crippen MR) is 71.8 cm³/mol. The van der Waals surface area contributed by atoms with Crippen LogP contribution in [0.5, 0.6) is 0 Å². The zero-order valence-electron chi connectivity index (χ0n) is 11.0. The summed E-state index contributed by atoms with van der Waals surface area (Å²) < 4.78 is 0. The van der Waals surface area contributed by atoms with Crippen LogP contribution in [-0.2, 0) is 22.4 Å². The third kappa shape index (κ3) is 2.45. The number of Topliss-reactive ketones (excluding diaryl/α,β-unsaturated/α-hetero) is 1. The third-order valence-electron chi connectivity index (χ3n) is 3.53. The number of hydrogen-bond acceptors (Lipinski definition) is 2. The van der Waals surface area contributed by atoms with Crippen molar-refractivity contribution >= 4 is 17.4 Å². The zero-order chi connectivity index (χ0) is 13.1.